The summed E-state index contributed by atoms with van der Waals surface area (Å²) >= 11 is 0. The summed E-state index contributed by atoms with van der Waals surface area (Å²) < 4.78 is 2.41. The molecular formula is C60H122N2O2. The molecule has 4 heteroatoms. The van der Waals surface area contributed by atoms with E-state index in [0.29, 0.717) is 13.1 Å². The van der Waals surface area contributed by atoms with Gasteiger partial charge >= 0.3 is 0 Å². The minimum Gasteiger partial charge on any atom is -0.624 e. The highest BCUT2D eigenvalue weighted by atomic mass is 16.5. The Morgan fingerprint density at radius 2 is 0.344 bits per heavy atom. The number of unbranched alkanes of at least 4 members (excludes halogenated alkanes) is 48. The molecule has 0 aliphatic heterocycles. The lowest BCUT2D eigenvalue weighted by molar-refractivity contribution is -0.454. The molecule has 0 fully saturated rings. The van der Waals surface area contributed by atoms with E-state index in [1.54, 1.807) is 0 Å². The van der Waals surface area contributed by atoms with Crippen molar-refractivity contribution in [2.24, 2.45) is 0 Å². The van der Waals surface area contributed by atoms with Crippen LogP contribution >= 0.6 is 0 Å². The van der Waals surface area contributed by atoms with Crippen molar-refractivity contribution in [2.75, 3.05) is 13.1 Å². The standard InChI is InChI=1S/C32H65NO.C28H57NO/c1-3-5-7-9-11-13-15-17-19-21-23-25-27-29-31-33(34)32-30-28-26-24-22-20-18-16-14-12-10-8-6-4-2;1-3-5-7-9-11-13-15-17-19-21-23-25-27-29(30)28-26-24-22-20-18-16-14-12-10-8-6-4-2/h31H,3-30,32H2,1-2H3;27H,3-26,28H2,1-2H3. The van der Waals surface area contributed by atoms with Gasteiger partial charge < -0.3 is 10.4 Å². The summed E-state index contributed by atoms with van der Waals surface area (Å²) in [6, 6.07) is 0. The number of nitrogens with zero attached hydrogens (tertiary/aromatic N) is 2. The molecule has 0 spiro atoms. The molecule has 0 aromatic rings. The highest BCUT2D eigenvalue weighted by molar-refractivity contribution is 5.51. The van der Waals surface area contributed by atoms with Crippen molar-refractivity contribution < 1.29 is 9.48 Å². The third kappa shape index (κ3) is 63.0. The smallest absolute Gasteiger partial charge is 0.153 e. The van der Waals surface area contributed by atoms with Crippen LogP contribution in [0, 0.1) is 10.4 Å². The monoisotopic (exact) mass is 903 g/mol. The Morgan fingerprint density at radius 1 is 0.203 bits per heavy atom. The second-order valence-electron chi connectivity index (χ2n) is 20.5. The maximum absolute atomic E-state index is 11.9. The molecule has 0 aromatic carbocycles. The first-order valence-electron chi connectivity index (χ1n) is 30.2. The predicted molar refractivity (Wildman–Crippen MR) is 292 cm³/mol. The number of hydrogen-bond acceptors (Lipinski definition) is 2. The molecule has 4 nitrogen and oxygen atoms in total. The van der Waals surface area contributed by atoms with Gasteiger partial charge in [-0.05, 0) is 25.7 Å². The number of hydroxylamine groups is 2. The van der Waals surface area contributed by atoms with Gasteiger partial charge in [-0.2, -0.15) is 0 Å². The van der Waals surface area contributed by atoms with Gasteiger partial charge in [0, 0.05) is 25.7 Å². The van der Waals surface area contributed by atoms with E-state index in [4.69, 9.17) is 0 Å². The van der Waals surface area contributed by atoms with Crippen LogP contribution in [0.15, 0.2) is 0 Å². The van der Waals surface area contributed by atoms with Crippen molar-refractivity contribution in [1.29, 1.82) is 0 Å². The minimum absolute atomic E-state index is 0.704. The molecule has 64 heavy (non-hydrogen) atoms. The zero-order valence-corrected chi connectivity index (χ0v) is 45.0. The van der Waals surface area contributed by atoms with E-state index in [1.807, 2.05) is 12.4 Å². The lowest BCUT2D eigenvalue weighted by Crippen LogP contribution is -2.06. The molecule has 0 aromatic heterocycles. The summed E-state index contributed by atoms with van der Waals surface area (Å²) in [6.45, 7) is 10.5. The van der Waals surface area contributed by atoms with Crippen molar-refractivity contribution in [3.05, 3.63) is 10.4 Å². The Kier molecular flexibility index (Phi) is 62.9. The minimum atomic E-state index is 0.704. The van der Waals surface area contributed by atoms with E-state index in [2.05, 4.69) is 27.7 Å². The average Bonchev–Trinajstić information content (AvgIpc) is 3.30. The molecule has 0 aliphatic rings. The van der Waals surface area contributed by atoms with Crippen molar-refractivity contribution >= 4 is 12.4 Å². The van der Waals surface area contributed by atoms with Crippen LogP contribution in [-0.4, -0.2) is 35.0 Å². The second kappa shape index (κ2) is 61.9. The molecule has 0 amide bonds. The van der Waals surface area contributed by atoms with Crippen molar-refractivity contribution in [3.8, 4) is 0 Å². The summed E-state index contributed by atoms with van der Waals surface area (Å²) in [5.74, 6) is 0. The van der Waals surface area contributed by atoms with Gasteiger partial charge in [0.05, 0.1) is 0 Å². The molecule has 0 heterocycles. The van der Waals surface area contributed by atoms with E-state index in [1.165, 1.54) is 318 Å². The second-order valence-corrected chi connectivity index (χ2v) is 20.5. The third-order valence-corrected chi connectivity index (χ3v) is 13.7. The quantitative estimate of drug-likeness (QED) is 0.0201. The summed E-state index contributed by atoms with van der Waals surface area (Å²) in [5.41, 5.74) is 0. The maximum Gasteiger partial charge on any atom is 0.153 e. The van der Waals surface area contributed by atoms with Gasteiger partial charge in [-0.15, -0.1) is 0 Å². The summed E-state index contributed by atoms with van der Waals surface area (Å²) in [4.78, 5) is 0. The molecule has 0 unspecified atom stereocenters. The van der Waals surface area contributed by atoms with Crippen LogP contribution < -0.4 is 0 Å². The van der Waals surface area contributed by atoms with Crippen molar-refractivity contribution in [3.63, 3.8) is 0 Å². The summed E-state index contributed by atoms with van der Waals surface area (Å²) in [7, 11) is 0. The highest BCUT2D eigenvalue weighted by Crippen LogP contribution is 2.16. The fourth-order valence-corrected chi connectivity index (χ4v) is 9.19. The molecule has 0 rings (SSSR count). The Bertz CT molecular complexity index is 872. The lowest BCUT2D eigenvalue weighted by atomic mass is 10.0. The van der Waals surface area contributed by atoms with Gasteiger partial charge in [0.15, 0.2) is 25.5 Å². The number of hydrogen-bond donors (Lipinski definition) is 0. The van der Waals surface area contributed by atoms with Crippen LogP contribution in [0.25, 0.3) is 0 Å². The highest BCUT2D eigenvalue weighted by Gasteiger charge is 2.00. The molecule has 384 valence electrons. The first-order chi connectivity index (χ1) is 31.6. The van der Waals surface area contributed by atoms with Crippen LogP contribution in [0.3, 0.4) is 0 Å². The van der Waals surface area contributed by atoms with Crippen LogP contribution in [0.5, 0.6) is 0 Å². The zero-order chi connectivity index (χ0) is 46.8. The largest absolute Gasteiger partial charge is 0.624 e. The zero-order valence-electron chi connectivity index (χ0n) is 45.0. The average molecular weight is 904 g/mol. The SMILES string of the molecule is CCCCCCCCCCCCCC=[N+]([O-])CCCCCCCCCCCCCC.CCCCCCCCCCCCCCCC=[N+]([O-])CCCCCCCCCCCCCCCC. The van der Waals surface area contributed by atoms with Gasteiger partial charge in [0.1, 0.15) is 0 Å². The Labute approximate surface area is 405 Å². The van der Waals surface area contributed by atoms with Crippen LogP contribution in [-0.2, 0) is 0 Å². The molecule has 0 radical (unpaired) electrons. The molecule has 0 bridgehead atoms. The Balaban J connectivity index is 0. The molecule has 0 aliphatic carbocycles. The summed E-state index contributed by atoms with van der Waals surface area (Å²) in [5, 5.41) is 23.8. The van der Waals surface area contributed by atoms with E-state index < -0.39 is 0 Å². The summed E-state index contributed by atoms with van der Waals surface area (Å²) in [6.07, 6.45) is 74.2. The van der Waals surface area contributed by atoms with E-state index in [-0.39, 0.29) is 0 Å². The maximum atomic E-state index is 11.9. The van der Waals surface area contributed by atoms with E-state index >= 15 is 0 Å². The first kappa shape index (κ1) is 65.0. The predicted octanol–water partition coefficient (Wildman–Crippen LogP) is 21.5. The number of rotatable bonds is 54. The first-order valence-corrected chi connectivity index (χ1v) is 30.2. The van der Waals surface area contributed by atoms with Gasteiger partial charge in [-0.3, -0.25) is 0 Å². The van der Waals surface area contributed by atoms with Gasteiger partial charge in [0.25, 0.3) is 0 Å². The lowest BCUT2D eigenvalue weighted by Gasteiger charge is -2.05. The van der Waals surface area contributed by atoms with Crippen LogP contribution in [0.4, 0.5) is 0 Å². The van der Waals surface area contributed by atoms with Gasteiger partial charge in [0.2, 0.25) is 0 Å². The fraction of sp³-hybridized carbons (Fsp3) is 0.967. The van der Waals surface area contributed by atoms with Crippen molar-refractivity contribution in [1.82, 2.24) is 0 Å². The molecule has 0 atom stereocenters. The van der Waals surface area contributed by atoms with E-state index in [0.717, 1.165) is 25.7 Å². The van der Waals surface area contributed by atoms with E-state index in [9.17, 15) is 10.4 Å². The molecule has 0 N–H and O–H groups in total. The molecule has 0 saturated heterocycles. The van der Waals surface area contributed by atoms with Crippen molar-refractivity contribution in [2.45, 2.75) is 362 Å². The van der Waals surface area contributed by atoms with Crippen LogP contribution in [0.2, 0.25) is 0 Å². The molecular weight excluding hydrogens is 781 g/mol. The van der Waals surface area contributed by atoms with Gasteiger partial charge in [-0.1, -0.05) is 310 Å². The van der Waals surface area contributed by atoms with Gasteiger partial charge in [-0.25, -0.2) is 9.48 Å². The third-order valence-electron chi connectivity index (χ3n) is 13.7. The molecule has 0 saturated carbocycles. The fourth-order valence-electron chi connectivity index (χ4n) is 9.19. The topological polar surface area (TPSA) is 52.1 Å². The van der Waals surface area contributed by atoms with Crippen LogP contribution in [0.1, 0.15) is 362 Å². The Morgan fingerprint density at radius 3 is 0.516 bits per heavy atom. The Hall–Kier alpha value is -1.06. The normalized spacial score (nSPS) is 12.0.